The van der Waals surface area contributed by atoms with E-state index < -0.39 is 9.49 Å². The van der Waals surface area contributed by atoms with Crippen molar-refractivity contribution in [2.75, 3.05) is 33.5 Å². The first-order chi connectivity index (χ1) is 22.3. The van der Waals surface area contributed by atoms with E-state index in [1.54, 1.807) is 49.5 Å². The third kappa shape index (κ3) is 7.53. The number of hydrogen-bond donors (Lipinski definition) is 1. The lowest BCUT2D eigenvalue weighted by molar-refractivity contribution is -0.149. The number of ether oxygens (including phenoxy) is 4. The maximum atomic E-state index is 12.4. The molecule has 2 fully saturated rings. The van der Waals surface area contributed by atoms with Crippen LogP contribution in [0.3, 0.4) is 0 Å². The van der Waals surface area contributed by atoms with E-state index in [4.69, 9.17) is 18.9 Å². The van der Waals surface area contributed by atoms with Crippen LogP contribution in [-0.4, -0.2) is 70.0 Å². The zero-order valence-corrected chi connectivity index (χ0v) is 28.1. The fourth-order valence-electron chi connectivity index (χ4n) is 5.36. The second-order valence-electron chi connectivity index (χ2n) is 11.2. The van der Waals surface area contributed by atoms with Gasteiger partial charge in [0.1, 0.15) is 27.6 Å². The molecule has 0 atom stereocenters. The van der Waals surface area contributed by atoms with Gasteiger partial charge < -0.3 is 24.1 Å². The minimum absolute atomic E-state index is 0.108. The Balaban J connectivity index is 0.000000184. The van der Waals surface area contributed by atoms with Crippen LogP contribution < -0.4 is 4.74 Å². The van der Waals surface area contributed by atoms with Gasteiger partial charge in [-0.15, -0.1) is 23.5 Å². The van der Waals surface area contributed by atoms with Gasteiger partial charge >= 0.3 is 11.9 Å². The summed E-state index contributed by atoms with van der Waals surface area (Å²) in [7, 11) is 1.65. The Hall–Kier alpha value is -3.54. The highest BCUT2D eigenvalue weighted by Gasteiger charge is 2.47. The molecule has 2 aromatic carbocycles. The van der Waals surface area contributed by atoms with E-state index >= 15 is 0 Å². The molecule has 11 heteroatoms. The van der Waals surface area contributed by atoms with Crippen LogP contribution in [0.5, 0.6) is 11.5 Å². The van der Waals surface area contributed by atoms with Crippen molar-refractivity contribution in [3.05, 3.63) is 60.9 Å². The van der Waals surface area contributed by atoms with Gasteiger partial charge in [-0.05, 0) is 101 Å². The Bertz CT molecular complexity index is 1670. The van der Waals surface area contributed by atoms with Crippen LogP contribution in [0, 0.1) is 0 Å². The number of hydrogen-bond acceptors (Lipinski definition) is 11. The number of carbonyl (C=O) groups excluding carboxylic acids is 2. The van der Waals surface area contributed by atoms with Crippen LogP contribution in [-0.2, 0) is 23.8 Å². The number of rotatable bonds is 12. The van der Waals surface area contributed by atoms with Gasteiger partial charge in [0.25, 0.3) is 0 Å². The lowest BCUT2D eigenvalue weighted by Crippen LogP contribution is -2.43. The predicted molar refractivity (Wildman–Crippen MR) is 181 cm³/mol. The van der Waals surface area contributed by atoms with Gasteiger partial charge in [-0.3, -0.25) is 19.6 Å². The highest BCUT2D eigenvalue weighted by Crippen LogP contribution is 2.51. The fraction of sp³-hybridized carbons (Fsp3) is 0.429. The molecule has 0 amide bonds. The molecule has 46 heavy (non-hydrogen) atoms. The highest BCUT2D eigenvalue weighted by atomic mass is 32.2. The van der Waals surface area contributed by atoms with Crippen molar-refractivity contribution >= 4 is 57.3 Å². The van der Waals surface area contributed by atoms with Crippen LogP contribution in [0.15, 0.2) is 70.7 Å². The second kappa shape index (κ2) is 15.4. The molecule has 0 aliphatic heterocycles. The molecule has 0 spiro atoms. The molecule has 4 aromatic rings. The summed E-state index contributed by atoms with van der Waals surface area (Å²) in [5, 5.41) is 11.6. The van der Waals surface area contributed by atoms with Crippen molar-refractivity contribution in [3.8, 4) is 11.5 Å². The van der Waals surface area contributed by atoms with Crippen molar-refractivity contribution in [3.63, 3.8) is 0 Å². The molecule has 0 bridgehead atoms. The highest BCUT2D eigenvalue weighted by molar-refractivity contribution is 8.02. The quantitative estimate of drug-likeness (QED) is 0.121. The standard InChI is InChI=1S/C19H23NO4S.C16H17NO3S/c1-3-23-18(21)19(8-4-9-19)25-17-7-10-20-16-6-5-14(13-15(16)17)24-12-11-22-2;1-2-20-15(19)16(7-3-8-16)21-14-6-9-17-13-5-4-11(18)10-12(13)14/h5-7,10,13H,3-4,8-9,11-12H2,1-2H3;4-6,9-10,18H,2-3,7-8H2,1H3. The van der Waals surface area contributed by atoms with Crippen LogP contribution in [0.4, 0.5) is 0 Å². The third-order valence-corrected chi connectivity index (χ3v) is 11.2. The van der Waals surface area contributed by atoms with Crippen molar-refractivity contribution in [1.82, 2.24) is 9.97 Å². The van der Waals surface area contributed by atoms with E-state index in [1.165, 1.54) is 11.8 Å². The average Bonchev–Trinajstić information content (AvgIpc) is 3.01. The van der Waals surface area contributed by atoms with Crippen LogP contribution in [0.1, 0.15) is 52.4 Å². The number of phenolic OH excluding ortho intramolecular Hbond substituents is 1. The maximum absolute atomic E-state index is 12.4. The van der Waals surface area contributed by atoms with Crippen molar-refractivity contribution < 1.29 is 33.6 Å². The van der Waals surface area contributed by atoms with E-state index in [-0.39, 0.29) is 17.7 Å². The molecule has 9 nitrogen and oxygen atoms in total. The van der Waals surface area contributed by atoms with Gasteiger partial charge in [0.05, 0.1) is 30.9 Å². The first-order valence-electron chi connectivity index (χ1n) is 15.6. The minimum Gasteiger partial charge on any atom is -0.508 e. The number of carbonyl (C=O) groups is 2. The molecule has 2 saturated carbocycles. The summed E-state index contributed by atoms with van der Waals surface area (Å²) in [4.78, 5) is 35.4. The predicted octanol–water partition coefficient (Wildman–Crippen LogP) is 7.36. The molecule has 0 unspecified atom stereocenters. The topological polar surface area (TPSA) is 117 Å². The lowest BCUT2D eigenvalue weighted by Gasteiger charge is -2.38. The molecule has 0 saturated heterocycles. The lowest BCUT2D eigenvalue weighted by atomic mass is 9.84. The Morgan fingerprint density at radius 3 is 1.76 bits per heavy atom. The van der Waals surface area contributed by atoms with Gasteiger partial charge in [0.2, 0.25) is 0 Å². The SMILES string of the molecule is CCOC(=O)C1(Sc2ccnc3ccc(O)cc23)CCC1.CCOC(=O)C1(Sc2ccnc3ccc(OCCOC)cc23)CCC1. The first kappa shape index (κ1) is 33.8. The molecule has 2 aromatic heterocycles. The van der Waals surface area contributed by atoms with Gasteiger partial charge in [-0.2, -0.15) is 0 Å². The molecular formula is C35H40N2O7S2. The molecule has 6 rings (SSSR count). The second-order valence-corrected chi connectivity index (χ2v) is 14.0. The molecular weight excluding hydrogens is 625 g/mol. The number of benzene rings is 2. The average molecular weight is 665 g/mol. The molecule has 0 radical (unpaired) electrons. The molecule has 2 heterocycles. The fourth-order valence-corrected chi connectivity index (χ4v) is 8.27. The number of aromatic hydroxyl groups is 1. The number of thioether (sulfide) groups is 2. The van der Waals surface area contributed by atoms with Crippen molar-refractivity contribution in [2.24, 2.45) is 0 Å². The third-order valence-electron chi connectivity index (χ3n) is 8.14. The van der Waals surface area contributed by atoms with E-state index in [1.807, 2.05) is 44.2 Å². The number of phenols is 1. The minimum atomic E-state index is -0.476. The normalized spacial score (nSPS) is 16.0. The number of fused-ring (bicyclic) bond motifs is 2. The van der Waals surface area contributed by atoms with Crippen LogP contribution >= 0.6 is 23.5 Å². The number of esters is 2. The zero-order valence-electron chi connectivity index (χ0n) is 26.5. The van der Waals surface area contributed by atoms with Crippen LogP contribution in [0.2, 0.25) is 0 Å². The molecule has 1 N–H and O–H groups in total. The maximum Gasteiger partial charge on any atom is 0.322 e. The molecule has 2 aliphatic rings. The van der Waals surface area contributed by atoms with E-state index in [0.717, 1.165) is 75.9 Å². The number of pyridine rings is 2. The number of methoxy groups -OCH3 is 1. The summed E-state index contributed by atoms with van der Waals surface area (Å²) in [5.74, 6) is 0.740. The Kier molecular flexibility index (Phi) is 11.3. The van der Waals surface area contributed by atoms with Gasteiger partial charge in [0, 0.05) is 40.1 Å². The first-order valence-corrected chi connectivity index (χ1v) is 17.3. The van der Waals surface area contributed by atoms with E-state index in [0.29, 0.717) is 26.4 Å². The van der Waals surface area contributed by atoms with Crippen LogP contribution in [0.25, 0.3) is 21.8 Å². The van der Waals surface area contributed by atoms with Gasteiger partial charge in [-0.25, -0.2) is 0 Å². The van der Waals surface area contributed by atoms with E-state index in [9.17, 15) is 14.7 Å². The monoisotopic (exact) mass is 664 g/mol. The van der Waals surface area contributed by atoms with Gasteiger partial charge in [0.15, 0.2) is 0 Å². The Morgan fingerprint density at radius 1 is 0.761 bits per heavy atom. The van der Waals surface area contributed by atoms with E-state index in [2.05, 4.69) is 9.97 Å². The number of aromatic nitrogens is 2. The largest absolute Gasteiger partial charge is 0.508 e. The van der Waals surface area contributed by atoms with Gasteiger partial charge in [-0.1, -0.05) is 0 Å². The molecule has 2 aliphatic carbocycles. The number of nitrogens with zero attached hydrogens (tertiary/aromatic N) is 2. The summed E-state index contributed by atoms with van der Waals surface area (Å²) in [6.45, 7) is 5.53. The van der Waals surface area contributed by atoms with Crippen molar-refractivity contribution in [2.45, 2.75) is 71.7 Å². The Morgan fingerprint density at radius 2 is 1.28 bits per heavy atom. The summed E-state index contributed by atoms with van der Waals surface area (Å²) >= 11 is 3.14. The summed E-state index contributed by atoms with van der Waals surface area (Å²) in [6, 6.07) is 14.8. The smallest absolute Gasteiger partial charge is 0.322 e. The van der Waals surface area contributed by atoms with Crippen molar-refractivity contribution in [1.29, 1.82) is 0 Å². The zero-order chi connectivity index (χ0) is 32.6. The Labute approximate surface area is 277 Å². The molecule has 244 valence electrons. The summed E-state index contributed by atoms with van der Waals surface area (Å²) in [6.07, 6.45) is 8.99. The summed E-state index contributed by atoms with van der Waals surface area (Å²) in [5.41, 5.74) is 1.71. The summed E-state index contributed by atoms with van der Waals surface area (Å²) < 4.78 is 20.3.